The summed E-state index contributed by atoms with van der Waals surface area (Å²) >= 11 is 0. The third-order valence-electron chi connectivity index (χ3n) is 3.78. The fraction of sp³-hybridized carbons (Fsp3) is 0.727. The van der Waals surface area contributed by atoms with Gasteiger partial charge < -0.3 is 4.74 Å². The van der Waals surface area contributed by atoms with E-state index < -0.39 is 18.9 Å². The van der Waals surface area contributed by atoms with Gasteiger partial charge >= 0.3 is 6.18 Å². The van der Waals surface area contributed by atoms with Gasteiger partial charge in [0, 0.05) is 11.3 Å². The van der Waals surface area contributed by atoms with Crippen molar-refractivity contribution in [2.24, 2.45) is 17.3 Å². The van der Waals surface area contributed by atoms with Crippen LogP contribution in [0.3, 0.4) is 0 Å². The van der Waals surface area contributed by atoms with E-state index in [2.05, 4.69) is 6.07 Å². The van der Waals surface area contributed by atoms with Crippen molar-refractivity contribution in [1.29, 1.82) is 5.26 Å². The molecule has 0 unspecified atom stereocenters. The molecule has 5 heteroatoms. The lowest BCUT2D eigenvalue weighted by atomic mass is 9.99. The normalized spacial score (nSPS) is 41.2. The van der Waals surface area contributed by atoms with Crippen molar-refractivity contribution in [2.75, 3.05) is 6.61 Å². The Balaban J connectivity index is 2.03. The van der Waals surface area contributed by atoms with Gasteiger partial charge in [0.2, 0.25) is 0 Å². The molecule has 0 amide bonds. The van der Waals surface area contributed by atoms with Crippen LogP contribution >= 0.6 is 0 Å². The Labute approximate surface area is 91.7 Å². The van der Waals surface area contributed by atoms with Gasteiger partial charge in [0.15, 0.2) is 0 Å². The summed E-state index contributed by atoms with van der Waals surface area (Å²) < 4.78 is 40.9. The Bertz CT molecular complexity index is 382. The molecule has 2 aliphatic rings. The summed E-state index contributed by atoms with van der Waals surface area (Å²) in [5, 5.41) is 8.89. The first kappa shape index (κ1) is 11.5. The predicted molar refractivity (Wildman–Crippen MR) is 50.3 cm³/mol. The Morgan fingerprint density at radius 1 is 1.56 bits per heavy atom. The molecule has 0 bridgehead atoms. The predicted octanol–water partition coefficient (Wildman–Crippen LogP) is 2.67. The van der Waals surface area contributed by atoms with Crippen molar-refractivity contribution in [3.63, 3.8) is 0 Å². The van der Waals surface area contributed by atoms with Gasteiger partial charge in [0.25, 0.3) is 0 Å². The van der Waals surface area contributed by atoms with E-state index in [4.69, 9.17) is 10.00 Å². The third kappa shape index (κ3) is 1.52. The largest absolute Gasteiger partial charge is 0.411 e. The Hall–Kier alpha value is -1.02. The van der Waals surface area contributed by atoms with Gasteiger partial charge in [-0.05, 0) is 6.92 Å². The molecule has 0 N–H and O–H groups in total. The van der Waals surface area contributed by atoms with Gasteiger partial charge in [-0.2, -0.15) is 18.4 Å². The molecule has 0 aliphatic heterocycles. The highest BCUT2D eigenvalue weighted by molar-refractivity contribution is 5.40. The molecule has 2 rings (SSSR count). The zero-order chi connectivity index (χ0) is 12.1. The smallest absolute Gasteiger partial charge is 0.364 e. The van der Waals surface area contributed by atoms with E-state index in [1.54, 1.807) is 6.08 Å². The molecular weight excluding hydrogens is 219 g/mol. The maximum atomic E-state index is 12.0. The molecule has 0 aromatic heterocycles. The summed E-state index contributed by atoms with van der Waals surface area (Å²) in [5.74, 6) is -0.296. The highest BCUT2D eigenvalue weighted by atomic mass is 19.4. The number of nitrogens with zero attached hydrogens (tertiary/aromatic N) is 1. The van der Waals surface area contributed by atoms with Crippen LogP contribution in [0.1, 0.15) is 13.8 Å². The van der Waals surface area contributed by atoms with Crippen molar-refractivity contribution in [1.82, 2.24) is 0 Å². The van der Waals surface area contributed by atoms with Crippen LogP contribution in [-0.4, -0.2) is 18.9 Å². The summed E-state index contributed by atoms with van der Waals surface area (Å²) in [7, 11) is 0. The zero-order valence-corrected chi connectivity index (χ0v) is 9.01. The lowest BCUT2D eigenvalue weighted by Crippen LogP contribution is -2.23. The van der Waals surface area contributed by atoms with Gasteiger partial charge in [0.1, 0.15) is 6.61 Å². The highest BCUT2D eigenvalue weighted by Gasteiger charge is 2.69. The van der Waals surface area contributed by atoms with Crippen LogP contribution in [-0.2, 0) is 4.74 Å². The van der Waals surface area contributed by atoms with Crippen LogP contribution < -0.4 is 0 Å². The lowest BCUT2D eigenvalue weighted by molar-refractivity contribution is -0.182. The SMILES string of the molecule is CC1=C[C@H](OCC(F)(F)F)[C@H]2[C@H](C#N)[C@@]12C. The molecule has 2 nitrogen and oxygen atoms in total. The molecule has 0 aromatic carbocycles. The molecule has 16 heavy (non-hydrogen) atoms. The lowest BCUT2D eigenvalue weighted by Gasteiger charge is -2.13. The summed E-state index contributed by atoms with van der Waals surface area (Å²) in [4.78, 5) is 0. The summed E-state index contributed by atoms with van der Waals surface area (Å²) in [6.45, 7) is 2.52. The Kier molecular flexibility index (Phi) is 2.32. The minimum atomic E-state index is -4.31. The molecular formula is C11H12F3NO. The second-order valence-corrected chi connectivity index (χ2v) is 4.66. The van der Waals surface area contributed by atoms with Crippen molar-refractivity contribution < 1.29 is 17.9 Å². The maximum Gasteiger partial charge on any atom is 0.411 e. The third-order valence-corrected chi connectivity index (χ3v) is 3.78. The van der Waals surface area contributed by atoms with Gasteiger partial charge in [0.05, 0.1) is 18.1 Å². The fourth-order valence-electron chi connectivity index (χ4n) is 2.67. The second-order valence-electron chi connectivity index (χ2n) is 4.66. The minimum Gasteiger partial charge on any atom is -0.364 e. The minimum absolute atomic E-state index is 0.0974. The Morgan fingerprint density at radius 2 is 2.19 bits per heavy atom. The number of ether oxygens (including phenoxy) is 1. The first-order valence-corrected chi connectivity index (χ1v) is 5.07. The van der Waals surface area contributed by atoms with Crippen LogP contribution in [0.15, 0.2) is 11.6 Å². The zero-order valence-electron chi connectivity index (χ0n) is 9.01. The van der Waals surface area contributed by atoms with Crippen molar-refractivity contribution in [2.45, 2.75) is 26.1 Å². The van der Waals surface area contributed by atoms with Crippen LogP contribution in [0.4, 0.5) is 13.2 Å². The summed E-state index contributed by atoms with van der Waals surface area (Å²) in [6, 6.07) is 2.14. The van der Waals surface area contributed by atoms with E-state index in [0.717, 1.165) is 5.57 Å². The van der Waals surface area contributed by atoms with E-state index >= 15 is 0 Å². The van der Waals surface area contributed by atoms with E-state index in [0.29, 0.717) is 0 Å². The number of alkyl halides is 3. The van der Waals surface area contributed by atoms with Crippen LogP contribution in [0.25, 0.3) is 0 Å². The fourth-order valence-corrected chi connectivity index (χ4v) is 2.67. The first-order valence-electron chi connectivity index (χ1n) is 5.07. The maximum absolute atomic E-state index is 12.0. The summed E-state index contributed by atoms with van der Waals surface area (Å²) in [5.41, 5.74) is 0.710. The Morgan fingerprint density at radius 3 is 2.62 bits per heavy atom. The molecule has 4 atom stereocenters. The molecule has 0 spiro atoms. The number of rotatable bonds is 2. The van der Waals surface area contributed by atoms with E-state index in [-0.39, 0.29) is 17.3 Å². The number of hydrogen-bond donors (Lipinski definition) is 0. The van der Waals surface area contributed by atoms with Gasteiger partial charge in [-0.1, -0.05) is 18.6 Å². The number of fused-ring (bicyclic) bond motifs is 1. The van der Waals surface area contributed by atoms with E-state index in [1.165, 1.54) is 0 Å². The van der Waals surface area contributed by atoms with Gasteiger partial charge in [-0.25, -0.2) is 0 Å². The van der Waals surface area contributed by atoms with Gasteiger partial charge in [-0.3, -0.25) is 0 Å². The molecule has 88 valence electrons. The van der Waals surface area contributed by atoms with Gasteiger partial charge in [-0.15, -0.1) is 0 Å². The quantitative estimate of drug-likeness (QED) is 0.684. The number of hydrogen-bond acceptors (Lipinski definition) is 2. The average Bonchev–Trinajstić information content (AvgIpc) is 2.69. The van der Waals surface area contributed by atoms with Crippen molar-refractivity contribution in [3.05, 3.63) is 11.6 Å². The van der Waals surface area contributed by atoms with Crippen molar-refractivity contribution in [3.8, 4) is 6.07 Å². The van der Waals surface area contributed by atoms with Crippen molar-refractivity contribution >= 4 is 0 Å². The number of halogens is 3. The highest BCUT2D eigenvalue weighted by Crippen LogP contribution is 2.68. The molecule has 0 radical (unpaired) electrons. The number of nitriles is 1. The molecule has 1 fully saturated rings. The molecule has 2 aliphatic carbocycles. The molecule has 1 saturated carbocycles. The van der Waals surface area contributed by atoms with E-state index in [9.17, 15) is 13.2 Å². The van der Waals surface area contributed by atoms with Crippen LogP contribution in [0.2, 0.25) is 0 Å². The average molecular weight is 231 g/mol. The van der Waals surface area contributed by atoms with Crippen LogP contribution in [0.5, 0.6) is 0 Å². The molecule has 0 aromatic rings. The first-order chi connectivity index (χ1) is 7.30. The topological polar surface area (TPSA) is 33.0 Å². The van der Waals surface area contributed by atoms with E-state index in [1.807, 2.05) is 13.8 Å². The standard InChI is InChI=1S/C11H12F3NO/c1-6-3-8(16-5-11(12,13)14)9-7(4-15)10(6,9)2/h3,7-9H,5H2,1-2H3/t7-,8-,9+,10+/m0/s1. The molecule has 0 heterocycles. The summed E-state index contributed by atoms with van der Waals surface area (Å²) in [6.07, 6.45) is -3.15. The van der Waals surface area contributed by atoms with Crippen LogP contribution in [0, 0.1) is 28.6 Å². The second kappa shape index (κ2) is 3.24. The molecule has 0 saturated heterocycles. The number of allylic oxidation sites excluding steroid dienone is 1. The monoisotopic (exact) mass is 231 g/mol.